The number of hydrogen-bond donors (Lipinski definition) is 1. The average Bonchev–Trinajstić information content (AvgIpc) is 2.70. The molecular weight excluding hydrogens is 230 g/mol. The van der Waals surface area contributed by atoms with E-state index in [1.54, 1.807) is 24.7 Å². The molecule has 2 aromatic rings. The van der Waals surface area contributed by atoms with Crippen LogP contribution in [0.25, 0.3) is 0 Å². The molecular formula is C10H8ClN3O2. The molecule has 0 aliphatic heterocycles. The van der Waals surface area contributed by atoms with Crippen LogP contribution < -0.4 is 0 Å². The summed E-state index contributed by atoms with van der Waals surface area (Å²) in [7, 11) is 0. The molecule has 0 amide bonds. The molecule has 0 bridgehead atoms. The third-order valence-corrected chi connectivity index (χ3v) is 2.39. The van der Waals surface area contributed by atoms with Gasteiger partial charge >= 0.3 is 5.97 Å². The zero-order valence-corrected chi connectivity index (χ0v) is 8.92. The van der Waals surface area contributed by atoms with Crippen LogP contribution in [0, 0.1) is 0 Å². The Morgan fingerprint density at radius 1 is 1.50 bits per heavy atom. The fraction of sp³-hybridized carbons (Fsp3) is 0.100. The quantitative estimate of drug-likeness (QED) is 0.882. The summed E-state index contributed by atoms with van der Waals surface area (Å²) in [5.41, 5.74) is 0.863. The summed E-state index contributed by atoms with van der Waals surface area (Å²) in [6.45, 7) is 0.425. The van der Waals surface area contributed by atoms with Crippen molar-refractivity contribution in [1.29, 1.82) is 0 Å². The number of nitrogens with zero attached hydrogens (tertiary/aromatic N) is 3. The molecule has 1 N–H and O–H groups in total. The summed E-state index contributed by atoms with van der Waals surface area (Å²) in [4.78, 5) is 14.5. The topological polar surface area (TPSA) is 68.0 Å². The Bertz CT molecular complexity index is 524. The van der Waals surface area contributed by atoms with Crippen molar-refractivity contribution in [2.75, 3.05) is 0 Å². The Kier molecular flexibility index (Phi) is 2.87. The Morgan fingerprint density at radius 2 is 2.31 bits per heavy atom. The van der Waals surface area contributed by atoms with Gasteiger partial charge in [-0.2, -0.15) is 5.10 Å². The van der Waals surface area contributed by atoms with Gasteiger partial charge in [0.25, 0.3) is 0 Å². The van der Waals surface area contributed by atoms with Crippen LogP contribution in [-0.2, 0) is 6.54 Å². The summed E-state index contributed by atoms with van der Waals surface area (Å²) in [6, 6.07) is 3.21. The molecule has 0 saturated carbocycles. The molecule has 0 spiro atoms. The Morgan fingerprint density at radius 3 is 2.94 bits per heavy atom. The van der Waals surface area contributed by atoms with E-state index in [1.165, 1.54) is 10.7 Å². The fourth-order valence-electron chi connectivity index (χ4n) is 1.27. The van der Waals surface area contributed by atoms with Crippen molar-refractivity contribution in [1.82, 2.24) is 14.8 Å². The van der Waals surface area contributed by atoms with Gasteiger partial charge in [0.1, 0.15) is 0 Å². The first kappa shape index (κ1) is 10.6. The van der Waals surface area contributed by atoms with Gasteiger partial charge in [0.2, 0.25) is 0 Å². The standard InChI is InChI=1S/C10H8ClN3O2/c11-8-5-12-3-1-7(8)6-14-4-2-9(13-14)10(15)16/h1-5H,6H2,(H,15,16). The lowest BCUT2D eigenvalue weighted by atomic mass is 10.3. The van der Waals surface area contributed by atoms with Crippen molar-refractivity contribution in [2.24, 2.45) is 0 Å². The van der Waals surface area contributed by atoms with E-state index in [2.05, 4.69) is 10.1 Å². The van der Waals surface area contributed by atoms with Gasteiger partial charge < -0.3 is 5.11 Å². The molecule has 82 valence electrons. The van der Waals surface area contributed by atoms with E-state index in [0.29, 0.717) is 11.6 Å². The van der Waals surface area contributed by atoms with Gasteiger partial charge in [0.15, 0.2) is 5.69 Å². The van der Waals surface area contributed by atoms with Crippen molar-refractivity contribution in [2.45, 2.75) is 6.54 Å². The summed E-state index contributed by atoms with van der Waals surface area (Å²) in [6.07, 6.45) is 4.77. The molecule has 2 rings (SSSR count). The molecule has 0 atom stereocenters. The zero-order valence-electron chi connectivity index (χ0n) is 8.17. The minimum absolute atomic E-state index is 0.0187. The second-order valence-electron chi connectivity index (χ2n) is 3.17. The van der Waals surface area contributed by atoms with Gasteiger partial charge in [0, 0.05) is 18.6 Å². The highest BCUT2D eigenvalue weighted by Crippen LogP contribution is 2.14. The van der Waals surface area contributed by atoms with E-state index >= 15 is 0 Å². The van der Waals surface area contributed by atoms with Crippen LogP contribution in [0.5, 0.6) is 0 Å². The lowest BCUT2D eigenvalue weighted by Crippen LogP contribution is -2.04. The zero-order chi connectivity index (χ0) is 11.5. The molecule has 2 heterocycles. The smallest absolute Gasteiger partial charge is 0.356 e. The summed E-state index contributed by atoms with van der Waals surface area (Å²) >= 11 is 5.92. The van der Waals surface area contributed by atoms with Crippen LogP contribution in [0.3, 0.4) is 0 Å². The molecule has 0 fully saturated rings. The van der Waals surface area contributed by atoms with Crippen molar-refractivity contribution in [3.8, 4) is 0 Å². The lowest BCUT2D eigenvalue weighted by molar-refractivity contribution is 0.0689. The summed E-state index contributed by atoms with van der Waals surface area (Å²) in [5, 5.41) is 13.1. The van der Waals surface area contributed by atoms with Crippen molar-refractivity contribution < 1.29 is 9.90 Å². The van der Waals surface area contributed by atoms with E-state index in [4.69, 9.17) is 16.7 Å². The Labute approximate surface area is 96.3 Å². The number of carboxylic acid groups (broad SMARTS) is 1. The first-order valence-corrected chi connectivity index (χ1v) is 4.90. The van der Waals surface area contributed by atoms with Crippen LogP contribution in [0.15, 0.2) is 30.7 Å². The molecule has 6 heteroatoms. The van der Waals surface area contributed by atoms with Gasteiger partial charge in [-0.05, 0) is 17.7 Å². The van der Waals surface area contributed by atoms with Crippen LogP contribution in [0.1, 0.15) is 16.1 Å². The molecule has 0 unspecified atom stereocenters. The molecule has 16 heavy (non-hydrogen) atoms. The highest BCUT2D eigenvalue weighted by Gasteiger charge is 2.07. The van der Waals surface area contributed by atoms with E-state index in [9.17, 15) is 4.79 Å². The normalized spacial score (nSPS) is 10.3. The molecule has 0 aliphatic rings. The van der Waals surface area contributed by atoms with Crippen LogP contribution >= 0.6 is 11.6 Å². The second-order valence-corrected chi connectivity index (χ2v) is 3.58. The number of aromatic nitrogens is 3. The molecule has 0 radical (unpaired) electrons. The van der Waals surface area contributed by atoms with Gasteiger partial charge in [-0.3, -0.25) is 9.67 Å². The maximum absolute atomic E-state index is 10.6. The third-order valence-electron chi connectivity index (χ3n) is 2.05. The monoisotopic (exact) mass is 237 g/mol. The maximum atomic E-state index is 10.6. The van der Waals surface area contributed by atoms with Gasteiger partial charge in [-0.25, -0.2) is 4.79 Å². The average molecular weight is 238 g/mol. The lowest BCUT2D eigenvalue weighted by Gasteiger charge is -2.03. The van der Waals surface area contributed by atoms with Crippen LogP contribution in [-0.4, -0.2) is 25.8 Å². The highest BCUT2D eigenvalue weighted by atomic mass is 35.5. The number of carbonyl (C=O) groups is 1. The molecule has 0 saturated heterocycles. The number of aromatic carboxylic acids is 1. The number of pyridine rings is 1. The Hall–Kier alpha value is -1.88. The molecule has 5 nitrogen and oxygen atoms in total. The molecule has 0 aromatic carbocycles. The predicted molar refractivity (Wildman–Crippen MR) is 57.5 cm³/mol. The molecule has 2 aromatic heterocycles. The largest absolute Gasteiger partial charge is 0.476 e. The number of hydrogen-bond acceptors (Lipinski definition) is 3. The van der Waals surface area contributed by atoms with Crippen LogP contribution in [0.4, 0.5) is 0 Å². The first-order chi connectivity index (χ1) is 7.66. The minimum atomic E-state index is -1.04. The van der Waals surface area contributed by atoms with E-state index in [-0.39, 0.29) is 5.69 Å². The first-order valence-electron chi connectivity index (χ1n) is 4.52. The SMILES string of the molecule is O=C(O)c1ccn(Cc2ccncc2Cl)n1. The van der Waals surface area contributed by atoms with E-state index in [0.717, 1.165) is 5.56 Å². The fourth-order valence-corrected chi connectivity index (χ4v) is 1.45. The minimum Gasteiger partial charge on any atom is -0.476 e. The highest BCUT2D eigenvalue weighted by molar-refractivity contribution is 6.31. The van der Waals surface area contributed by atoms with Crippen molar-refractivity contribution >= 4 is 17.6 Å². The van der Waals surface area contributed by atoms with E-state index < -0.39 is 5.97 Å². The maximum Gasteiger partial charge on any atom is 0.356 e. The summed E-state index contributed by atoms with van der Waals surface area (Å²) < 4.78 is 1.52. The predicted octanol–water partition coefficient (Wildman–Crippen LogP) is 1.68. The second kappa shape index (κ2) is 4.32. The van der Waals surface area contributed by atoms with Gasteiger partial charge in [-0.15, -0.1) is 0 Å². The van der Waals surface area contributed by atoms with Gasteiger partial charge in [0.05, 0.1) is 11.6 Å². The van der Waals surface area contributed by atoms with Gasteiger partial charge in [-0.1, -0.05) is 11.6 Å². The Balaban J connectivity index is 2.21. The van der Waals surface area contributed by atoms with Crippen molar-refractivity contribution in [3.05, 3.63) is 47.0 Å². The number of rotatable bonds is 3. The number of carboxylic acids is 1. The summed E-state index contributed by atoms with van der Waals surface area (Å²) in [5.74, 6) is -1.04. The third kappa shape index (κ3) is 2.20. The number of halogens is 1. The van der Waals surface area contributed by atoms with E-state index in [1.807, 2.05) is 0 Å². The van der Waals surface area contributed by atoms with Crippen LogP contribution in [0.2, 0.25) is 5.02 Å². The van der Waals surface area contributed by atoms with Crippen molar-refractivity contribution in [3.63, 3.8) is 0 Å². The molecule has 0 aliphatic carbocycles.